The van der Waals surface area contributed by atoms with Gasteiger partial charge in [-0.3, -0.25) is 9.59 Å². The van der Waals surface area contributed by atoms with Crippen molar-refractivity contribution in [3.8, 4) is 0 Å². The summed E-state index contributed by atoms with van der Waals surface area (Å²) in [7, 11) is 0. The second kappa shape index (κ2) is 9.32. The van der Waals surface area contributed by atoms with Crippen molar-refractivity contribution in [2.24, 2.45) is 0 Å². The monoisotopic (exact) mass is 371 g/mol. The van der Waals surface area contributed by atoms with Crippen LogP contribution in [0.15, 0.2) is 47.2 Å². The number of carbonyl (C=O) groups excluding carboxylic acids is 2. The molecule has 1 saturated heterocycles. The van der Waals surface area contributed by atoms with Gasteiger partial charge in [-0.25, -0.2) is 0 Å². The summed E-state index contributed by atoms with van der Waals surface area (Å²) in [6.07, 6.45) is 3.90. The van der Waals surface area contributed by atoms with Gasteiger partial charge in [0.1, 0.15) is 12.8 Å². The quantitative estimate of drug-likeness (QED) is 0.771. The van der Waals surface area contributed by atoms with Crippen LogP contribution in [0.5, 0.6) is 0 Å². The smallest absolute Gasteiger partial charge is 0.245 e. The molecule has 1 aromatic carbocycles. The van der Waals surface area contributed by atoms with Gasteiger partial charge < -0.3 is 19.5 Å². The van der Waals surface area contributed by atoms with Gasteiger partial charge in [0.2, 0.25) is 11.8 Å². The molecule has 1 aromatic heterocycles. The lowest BCUT2D eigenvalue weighted by molar-refractivity contribution is -0.137. The minimum Gasteiger partial charge on any atom is -0.376 e. The molecule has 0 radical (unpaired) electrons. The third kappa shape index (κ3) is 5.17. The molecular formula is C20H25N3O4. The summed E-state index contributed by atoms with van der Waals surface area (Å²) >= 11 is 0. The topological polar surface area (TPSA) is 84.7 Å². The highest BCUT2D eigenvalue weighted by Crippen LogP contribution is 2.23. The molecule has 144 valence electrons. The van der Waals surface area contributed by atoms with E-state index in [-0.39, 0.29) is 30.4 Å². The molecule has 2 heterocycles. The lowest BCUT2D eigenvalue weighted by Gasteiger charge is -2.28. The first-order valence-electron chi connectivity index (χ1n) is 9.33. The van der Waals surface area contributed by atoms with E-state index in [2.05, 4.69) is 10.5 Å². The average molecular weight is 371 g/mol. The normalized spacial score (nSPS) is 17.4. The molecule has 0 saturated carbocycles. The summed E-state index contributed by atoms with van der Waals surface area (Å²) in [5.74, 6) is -0.320. The fourth-order valence-corrected chi connectivity index (χ4v) is 3.36. The van der Waals surface area contributed by atoms with Crippen LogP contribution in [-0.2, 0) is 14.3 Å². The molecule has 2 amide bonds. The van der Waals surface area contributed by atoms with Crippen molar-refractivity contribution >= 4 is 17.6 Å². The molecule has 2 aromatic rings. The van der Waals surface area contributed by atoms with Crippen LogP contribution in [0.4, 0.5) is 5.82 Å². The highest BCUT2D eigenvalue weighted by molar-refractivity contribution is 5.94. The molecule has 27 heavy (non-hydrogen) atoms. The van der Waals surface area contributed by atoms with Crippen molar-refractivity contribution < 1.29 is 18.8 Å². The van der Waals surface area contributed by atoms with Crippen molar-refractivity contribution in [2.75, 3.05) is 25.0 Å². The number of hydrogen-bond donors (Lipinski definition) is 1. The molecule has 0 aliphatic carbocycles. The van der Waals surface area contributed by atoms with Crippen molar-refractivity contribution in [3.05, 3.63) is 48.2 Å². The minimum atomic E-state index is -0.307. The highest BCUT2D eigenvalue weighted by atomic mass is 16.5. The van der Waals surface area contributed by atoms with Crippen LogP contribution < -0.4 is 5.32 Å². The minimum absolute atomic E-state index is 0.0259. The third-order valence-corrected chi connectivity index (χ3v) is 4.71. The van der Waals surface area contributed by atoms with Gasteiger partial charge in [0.05, 0.1) is 12.0 Å². The van der Waals surface area contributed by atoms with Crippen LogP contribution in [0, 0.1) is 0 Å². The Morgan fingerprint density at radius 1 is 1.30 bits per heavy atom. The largest absolute Gasteiger partial charge is 0.376 e. The number of ether oxygens (including phenoxy) is 1. The Kier molecular flexibility index (Phi) is 6.59. The number of anilines is 1. The van der Waals surface area contributed by atoms with Crippen molar-refractivity contribution in [3.63, 3.8) is 0 Å². The molecule has 1 fully saturated rings. The highest BCUT2D eigenvalue weighted by Gasteiger charge is 2.29. The predicted molar refractivity (Wildman–Crippen MR) is 100 cm³/mol. The Hall–Kier alpha value is -2.67. The summed E-state index contributed by atoms with van der Waals surface area (Å²) in [5.41, 5.74) is 0.958. The number of amides is 2. The number of rotatable bonds is 8. The van der Waals surface area contributed by atoms with E-state index in [0.29, 0.717) is 25.4 Å². The number of carbonyl (C=O) groups is 2. The maximum Gasteiger partial charge on any atom is 0.245 e. The zero-order chi connectivity index (χ0) is 19.1. The Bertz CT molecular complexity index is 727. The van der Waals surface area contributed by atoms with Crippen LogP contribution in [0.1, 0.15) is 37.7 Å². The number of nitrogens with zero attached hydrogens (tertiary/aromatic N) is 2. The first-order chi connectivity index (χ1) is 13.2. The maximum absolute atomic E-state index is 13.3. The predicted octanol–water partition coefficient (Wildman–Crippen LogP) is 2.81. The second-order valence-corrected chi connectivity index (χ2v) is 6.66. The average Bonchev–Trinajstić information content (AvgIpc) is 3.37. The Morgan fingerprint density at radius 3 is 2.74 bits per heavy atom. The molecule has 1 aliphatic heterocycles. The number of benzene rings is 1. The van der Waals surface area contributed by atoms with E-state index in [1.807, 2.05) is 37.3 Å². The first kappa shape index (κ1) is 19.1. The molecule has 2 atom stereocenters. The molecular weight excluding hydrogens is 346 g/mol. The van der Waals surface area contributed by atoms with Gasteiger partial charge >= 0.3 is 0 Å². The zero-order valence-corrected chi connectivity index (χ0v) is 15.5. The third-order valence-electron chi connectivity index (χ3n) is 4.71. The van der Waals surface area contributed by atoms with Crippen LogP contribution in [0.2, 0.25) is 0 Å². The fourth-order valence-electron chi connectivity index (χ4n) is 3.36. The van der Waals surface area contributed by atoms with Crippen LogP contribution >= 0.6 is 0 Å². The number of aromatic nitrogens is 1. The van der Waals surface area contributed by atoms with Gasteiger partial charge in [-0.05, 0) is 24.8 Å². The van der Waals surface area contributed by atoms with Crippen molar-refractivity contribution in [2.45, 2.75) is 38.2 Å². The second-order valence-electron chi connectivity index (χ2n) is 6.66. The van der Waals surface area contributed by atoms with E-state index in [4.69, 9.17) is 9.26 Å². The van der Waals surface area contributed by atoms with E-state index in [9.17, 15) is 9.59 Å². The Labute approximate surface area is 158 Å². The molecule has 7 heteroatoms. The molecule has 0 bridgehead atoms. The first-order valence-corrected chi connectivity index (χ1v) is 9.33. The SMILES string of the molecule is CC[C@@H](C(=O)N(CC(=O)Nc1ccon1)C[C@H]1CCCO1)c1ccccc1. The van der Waals surface area contributed by atoms with Crippen LogP contribution in [0.25, 0.3) is 0 Å². The lowest BCUT2D eigenvalue weighted by Crippen LogP contribution is -2.44. The number of nitrogens with one attached hydrogen (secondary N) is 1. The summed E-state index contributed by atoms with van der Waals surface area (Å²) < 4.78 is 10.4. The van der Waals surface area contributed by atoms with Crippen molar-refractivity contribution in [1.29, 1.82) is 0 Å². The molecule has 0 spiro atoms. The summed E-state index contributed by atoms with van der Waals surface area (Å²) in [5, 5.41) is 6.33. The van der Waals surface area contributed by atoms with Gasteiger partial charge in [-0.1, -0.05) is 42.4 Å². The van der Waals surface area contributed by atoms with Gasteiger partial charge in [0.15, 0.2) is 5.82 Å². The van der Waals surface area contributed by atoms with E-state index in [1.54, 1.807) is 11.0 Å². The van der Waals surface area contributed by atoms with Crippen molar-refractivity contribution in [1.82, 2.24) is 10.1 Å². The standard InChI is InChI=1S/C20H25N3O4/c1-2-17(15-7-4-3-5-8-15)20(25)23(13-16-9-6-11-26-16)14-19(24)21-18-10-12-27-22-18/h3-5,7-8,10,12,16-17H,2,6,9,11,13-14H2,1H3,(H,21,22,24)/t16-,17-/m1/s1. The maximum atomic E-state index is 13.3. The fraction of sp³-hybridized carbons (Fsp3) is 0.450. The van der Waals surface area contributed by atoms with Gasteiger partial charge in [0, 0.05) is 19.2 Å². The molecule has 1 N–H and O–H groups in total. The molecule has 1 aliphatic rings. The number of hydrogen-bond acceptors (Lipinski definition) is 5. The van der Waals surface area contributed by atoms with E-state index >= 15 is 0 Å². The van der Waals surface area contributed by atoms with Gasteiger partial charge in [-0.15, -0.1) is 0 Å². The van der Waals surface area contributed by atoms with Crippen LogP contribution in [0.3, 0.4) is 0 Å². The zero-order valence-electron chi connectivity index (χ0n) is 15.5. The van der Waals surface area contributed by atoms with Gasteiger partial charge in [-0.2, -0.15) is 0 Å². The van der Waals surface area contributed by atoms with E-state index < -0.39 is 0 Å². The van der Waals surface area contributed by atoms with Crippen LogP contribution in [-0.4, -0.2) is 47.7 Å². The Morgan fingerprint density at radius 2 is 2.11 bits per heavy atom. The van der Waals surface area contributed by atoms with Gasteiger partial charge in [0.25, 0.3) is 0 Å². The molecule has 0 unspecified atom stereocenters. The lowest BCUT2D eigenvalue weighted by atomic mass is 9.94. The van der Waals surface area contributed by atoms with E-state index in [1.165, 1.54) is 6.26 Å². The summed E-state index contributed by atoms with van der Waals surface area (Å²) in [6, 6.07) is 11.2. The molecule has 7 nitrogen and oxygen atoms in total. The summed E-state index contributed by atoms with van der Waals surface area (Å²) in [4.78, 5) is 27.3. The molecule has 3 rings (SSSR count). The summed E-state index contributed by atoms with van der Waals surface area (Å²) in [6.45, 7) is 3.05. The Balaban J connectivity index is 1.73. The van der Waals surface area contributed by atoms with E-state index in [0.717, 1.165) is 18.4 Å².